The maximum Gasteiger partial charge on any atom is 0.321 e. The molecular formula is C20H30N4O3. The van der Waals surface area contributed by atoms with E-state index in [-0.39, 0.29) is 36.3 Å². The van der Waals surface area contributed by atoms with Gasteiger partial charge in [-0.25, -0.2) is 4.79 Å². The molecule has 1 aromatic rings. The predicted molar refractivity (Wildman–Crippen MR) is 105 cm³/mol. The van der Waals surface area contributed by atoms with E-state index in [9.17, 15) is 14.4 Å². The lowest BCUT2D eigenvalue weighted by Crippen LogP contribution is -2.50. The molecule has 0 radical (unpaired) electrons. The molecule has 7 heteroatoms. The average molecular weight is 374 g/mol. The summed E-state index contributed by atoms with van der Waals surface area (Å²) < 4.78 is 0. The van der Waals surface area contributed by atoms with Gasteiger partial charge in [0.2, 0.25) is 11.8 Å². The molecule has 4 amide bonds. The van der Waals surface area contributed by atoms with E-state index < -0.39 is 0 Å². The Hall–Kier alpha value is -2.57. The van der Waals surface area contributed by atoms with Crippen molar-refractivity contribution in [3.8, 4) is 0 Å². The largest absolute Gasteiger partial charge is 0.352 e. The Morgan fingerprint density at radius 3 is 2.56 bits per heavy atom. The van der Waals surface area contributed by atoms with Crippen LogP contribution < -0.4 is 10.6 Å². The zero-order valence-corrected chi connectivity index (χ0v) is 16.4. The zero-order chi connectivity index (χ0) is 19.8. The third-order valence-electron chi connectivity index (χ3n) is 4.56. The first-order valence-electron chi connectivity index (χ1n) is 9.59. The lowest BCUT2D eigenvalue weighted by Gasteiger charge is -2.34. The van der Waals surface area contributed by atoms with Gasteiger partial charge in [0.15, 0.2) is 0 Å². The number of likely N-dealkylation sites (N-methyl/N-ethyl adjacent to an activating group) is 1. The number of hydrogen-bond donors (Lipinski definition) is 2. The molecule has 0 aromatic heterocycles. The second-order valence-corrected chi connectivity index (χ2v) is 7.16. The molecule has 1 unspecified atom stereocenters. The van der Waals surface area contributed by atoms with Gasteiger partial charge in [0.25, 0.3) is 0 Å². The molecule has 1 atom stereocenters. The van der Waals surface area contributed by atoms with Crippen LogP contribution in [0.25, 0.3) is 0 Å². The lowest BCUT2D eigenvalue weighted by molar-refractivity contribution is -0.140. The van der Waals surface area contributed by atoms with Crippen molar-refractivity contribution in [2.45, 2.75) is 39.7 Å². The van der Waals surface area contributed by atoms with Crippen molar-refractivity contribution in [3.05, 3.63) is 30.3 Å². The normalized spacial score (nSPS) is 16.7. The monoisotopic (exact) mass is 374 g/mol. The number of piperidine rings is 1. The number of anilines is 1. The number of nitrogens with one attached hydrogen (secondary N) is 2. The second kappa shape index (κ2) is 9.94. The molecule has 0 aliphatic carbocycles. The van der Waals surface area contributed by atoms with Gasteiger partial charge >= 0.3 is 6.03 Å². The summed E-state index contributed by atoms with van der Waals surface area (Å²) in [5, 5.41) is 5.68. The minimum Gasteiger partial charge on any atom is -0.352 e. The van der Waals surface area contributed by atoms with Gasteiger partial charge in [-0.15, -0.1) is 0 Å². The molecule has 0 bridgehead atoms. The number of likely N-dealkylation sites (tertiary alicyclic amines) is 1. The number of carbonyl (C=O) groups excluding carboxylic acids is 3. The van der Waals surface area contributed by atoms with E-state index in [1.54, 1.807) is 9.80 Å². The molecule has 1 aliphatic heterocycles. The number of hydrogen-bond acceptors (Lipinski definition) is 3. The second-order valence-electron chi connectivity index (χ2n) is 7.16. The van der Waals surface area contributed by atoms with Gasteiger partial charge in [-0.1, -0.05) is 18.2 Å². The van der Waals surface area contributed by atoms with Crippen molar-refractivity contribution in [1.82, 2.24) is 15.1 Å². The third kappa shape index (κ3) is 6.27. The van der Waals surface area contributed by atoms with Crippen LogP contribution in [0.5, 0.6) is 0 Å². The van der Waals surface area contributed by atoms with Crippen molar-refractivity contribution >= 4 is 23.5 Å². The minimum atomic E-state index is -0.271. The van der Waals surface area contributed by atoms with Crippen molar-refractivity contribution < 1.29 is 14.4 Å². The van der Waals surface area contributed by atoms with Crippen LogP contribution in [0.2, 0.25) is 0 Å². The van der Waals surface area contributed by atoms with Gasteiger partial charge in [0.1, 0.15) is 0 Å². The van der Waals surface area contributed by atoms with E-state index in [0.717, 1.165) is 18.5 Å². The van der Waals surface area contributed by atoms with Crippen LogP contribution in [0.15, 0.2) is 30.3 Å². The number of amides is 4. The smallest absolute Gasteiger partial charge is 0.321 e. The van der Waals surface area contributed by atoms with E-state index in [2.05, 4.69) is 10.6 Å². The molecule has 1 aliphatic rings. The molecule has 2 rings (SSSR count). The van der Waals surface area contributed by atoms with Crippen LogP contribution in [0.3, 0.4) is 0 Å². The summed E-state index contributed by atoms with van der Waals surface area (Å²) in [5.41, 5.74) is 0.733. The molecule has 2 N–H and O–H groups in total. The van der Waals surface area contributed by atoms with Crippen LogP contribution in [0, 0.1) is 5.92 Å². The summed E-state index contributed by atoms with van der Waals surface area (Å²) >= 11 is 0. The van der Waals surface area contributed by atoms with E-state index in [1.165, 1.54) is 0 Å². The van der Waals surface area contributed by atoms with Gasteiger partial charge in [0, 0.05) is 31.4 Å². The number of rotatable bonds is 6. The van der Waals surface area contributed by atoms with Crippen LogP contribution in [-0.4, -0.2) is 59.9 Å². The molecule has 1 saturated heterocycles. The van der Waals surface area contributed by atoms with Crippen LogP contribution in [0.1, 0.15) is 33.6 Å². The first-order valence-corrected chi connectivity index (χ1v) is 9.59. The van der Waals surface area contributed by atoms with Crippen molar-refractivity contribution in [3.63, 3.8) is 0 Å². The van der Waals surface area contributed by atoms with Crippen LogP contribution >= 0.6 is 0 Å². The first-order chi connectivity index (χ1) is 12.9. The Balaban J connectivity index is 1.94. The molecule has 1 aromatic carbocycles. The molecule has 0 saturated carbocycles. The maximum absolute atomic E-state index is 12.9. The summed E-state index contributed by atoms with van der Waals surface area (Å²) in [6, 6.07) is 9.11. The van der Waals surface area contributed by atoms with E-state index in [0.29, 0.717) is 19.6 Å². The quantitative estimate of drug-likeness (QED) is 0.802. The summed E-state index contributed by atoms with van der Waals surface area (Å²) in [4.78, 5) is 40.6. The summed E-state index contributed by atoms with van der Waals surface area (Å²) in [7, 11) is 0. The number of nitrogens with zero attached hydrogens (tertiary/aromatic N) is 2. The topological polar surface area (TPSA) is 81.8 Å². The fourth-order valence-electron chi connectivity index (χ4n) is 3.23. The molecule has 1 heterocycles. The Morgan fingerprint density at radius 2 is 1.93 bits per heavy atom. The van der Waals surface area contributed by atoms with Gasteiger partial charge < -0.3 is 20.4 Å². The Morgan fingerprint density at radius 1 is 1.22 bits per heavy atom. The standard InChI is InChI=1S/C20H30N4O3/c1-4-23(14-18(25)21-15(2)3)19(26)16-9-8-12-24(13-16)20(27)22-17-10-6-5-7-11-17/h5-7,10-11,15-16H,4,8-9,12-14H2,1-3H3,(H,21,25)(H,22,27). The molecule has 7 nitrogen and oxygen atoms in total. The summed E-state index contributed by atoms with van der Waals surface area (Å²) in [6.45, 7) is 7.17. The van der Waals surface area contributed by atoms with Gasteiger partial charge in [-0.2, -0.15) is 0 Å². The lowest BCUT2D eigenvalue weighted by atomic mass is 9.96. The Labute approximate surface area is 161 Å². The first kappa shape index (κ1) is 20.7. The number of carbonyl (C=O) groups is 3. The van der Waals surface area contributed by atoms with Crippen molar-refractivity contribution in [1.29, 1.82) is 0 Å². The highest BCUT2D eigenvalue weighted by atomic mass is 16.2. The maximum atomic E-state index is 12.9. The molecule has 1 fully saturated rings. The van der Waals surface area contributed by atoms with Gasteiger partial charge in [-0.05, 0) is 45.7 Å². The van der Waals surface area contributed by atoms with E-state index >= 15 is 0 Å². The number of urea groups is 1. The summed E-state index contributed by atoms with van der Waals surface area (Å²) in [5.74, 6) is -0.490. The van der Waals surface area contributed by atoms with E-state index in [4.69, 9.17) is 0 Å². The summed E-state index contributed by atoms with van der Waals surface area (Å²) in [6.07, 6.45) is 1.50. The average Bonchev–Trinajstić information content (AvgIpc) is 2.66. The van der Waals surface area contributed by atoms with Crippen molar-refractivity contribution in [2.24, 2.45) is 5.92 Å². The molecule has 148 valence electrons. The molecule has 27 heavy (non-hydrogen) atoms. The molecule has 0 spiro atoms. The fourth-order valence-corrected chi connectivity index (χ4v) is 3.23. The SMILES string of the molecule is CCN(CC(=O)NC(C)C)C(=O)C1CCCN(C(=O)Nc2ccccc2)C1. The van der Waals surface area contributed by atoms with Gasteiger partial charge in [0.05, 0.1) is 12.5 Å². The zero-order valence-electron chi connectivity index (χ0n) is 16.4. The van der Waals surface area contributed by atoms with Gasteiger partial charge in [-0.3, -0.25) is 9.59 Å². The van der Waals surface area contributed by atoms with Crippen molar-refractivity contribution in [2.75, 3.05) is 31.5 Å². The minimum absolute atomic E-state index is 0.0400. The number of para-hydroxylation sites is 1. The predicted octanol–water partition coefficient (Wildman–Crippen LogP) is 2.30. The highest BCUT2D eigenvalue weighted by Gasteiger charge is 2.31. The highest BCUT2D eigenvalue weighted by molar-refractivity contribution is 5.90. The molecular weight excluding hydrogens is 344 g/mol. The highest BCUT2D eigenvalue weighted by Crippen LogP contribution is 2.20. The fraction of sp³-hybridized carbons (Fsp3) is 0.550. The number of benzene rings is 1. The van der Waals surface area contributed by atoms with Crippen LogP contribution in [-0.2, 0) is 9.59 Å². The Bertz CT molecular complexity index is 648. The van der Waals surface area contributed by atoms with E-state index in [1.807, 2.05) is 51.1 Å². The third-order valence-corrected chi connectivity index (χ3v) is 4.56. The van der Waals surface area contributed by atoms with Crippen LogP contribution in [0.4, 0.5) is 10.5 Å². The Kier molecular flexibility index (Phi) is 7.64.